The Morgan fingerprint density at radius 1 is 1.10 bits per heavy atom. The molecule has 2 aromatic carbocycles. The Balaban J connectivity index is 1.72. The zero-order valence-corrected chi connectivity index (χ0v) is 19.5. The minimum atomic E-state index is -0.168. The molecule has 0 radical (unpaired) electrons. The fourth-order valence-electron chi connectivity index (χ4n) is 3.24. The summed E-state index contributed by atoms with van der Waals surface area (Å²) < 4.78 is 11.7. The Hall–Kier alpha value is -2.54. The van der Waals surface area contributed by atoms with E-state index in [2.05, 4.69) is 9.97 Å². The van der Waals surface area contributed by atoms with Crippen LogP contribution in [0.1, 0.15) is 22.9 Å². The molecule has 2 aromatic heterocycles. The van der Waals surface area contributed by atoms with Crippen molar-refractivity contribution in [3.8, 4) is 22.9 Å². The van der Waals surface area contributed by atoms with E-state index in [-0.39, 0.29) is 5.56 Å². The number of hydrogen-bond donors (Lipinski definition) is 1. The highest BCUT2D eigenvalue weighted by atomic mass is 35.5. The van der Waals surface area contributed by atoms with Gasteiger partial charge < -0.3 is 14.5 Å². The van der Waals surface area contributed by atoms with Gasteiger partial charge in [0.25, 0.3) is 5.56 Å². The lowest BCUT2D eigenvalue weighted by Gasteiger charge is -2.15. The topological polar surface area (TPSA) is 64.2 Å². The number of nitrogens with zero attached hydrogens (tertiary/aromatic N) is 1. The van der Waals surface area contributed by atoms with Gasteiger partial charge in [0.1, 0.15) is 17.3 Å². The molecule has 31 heavy (non-hydrogen) atoms. The van der Waals surface area contributed by atoms with E-state index in [0.29, 0.717) is 56.4 Å². The molecule has 1 N–H and O–H groups in total. The molecule has 0 unspecified atom stereocenters. The highest BCUT2D eigenvalue weighted by Gasteiger charge is 2.17. The van der Waals surface area contributed by atoms with Gasteiger partial charge in [-0.3, -0.25) is 4.79 Å². The molecule has 0 saturated carbocycles. The maximum absolute atomic E-state index is 12.7. The zero-order valence-electron chi connectivity index (χ0n) is 17.2. The Labute approximate surface area is 193 Å². The van der Waals surface area contributed by atoms with E-state index < -0.39 is 0 Å². The van der Waals surface area contributed by atoms with Crippen molar-refractivity contribution in [1.29, 1.82) is 0 Å². The zero-order chi connectivity index (χ0) is 22.1. The number of thiophene rings is 1. The highest BCUT2D eigenvalue weighted by molar-refractivity contribution is 7.18. The summed E-state index contributed by atoms with van der Waals surface area (Å²) in [7, 11) is 0. The minimum Gasteiger partial charge on any atom is -0.490 e. The molecule has 0 spiro atoms. The smallest absolute Gasteiger partial charge is 0.260 e. The van der Waals surface area contributed by atoms with Gasteiger partial charge >= 0.3 is 0 Å². The molecule has 0 aliphatic rings. The van der Waals surface area contributed by atoms with Gasteiger partial charge in [0, 0.05) is 15.5 Å². The second-order valence-electron chi connectivity index (χ2n) is 7.01. The third-order valence-corrected chi connectivity index (χ3v) is 6.55. The van der Waals surface area contributed by atoms with Crippen LogP contribution < -0.4 is 15.0 Å². The fourth-order valence-corrected chi connectivity index (χ4v) is 4.66. The van der Waals surface area contributed by atoms with Gasteiger partial charge in [0.15, 0.2) is 11.5 Å². The molecule has 0 atom stereocenters. The van der Waals surface area contributed by atoms with Crippen LogP contribution in [0.4, 0.5) is 0 Å². The van der Waals surface area contributed by atoms with Crippen molar-refractivity contribution in [1.82, 2.24) is 9.97 Å². The first-order valence-electron chi connectivity index (χ1n) is 9.71. The van der Waals surface area contributed by atoms with Crippen LogP contribution in [-0.2, 0) is 6.61 Å². The van der Waals surface area contributed by atoms with Crippen LogP contribution >= 0.6 is 34.5 Å². The van der Waals surface area contributed by atoms with E-state index in [1.54, 1.807) is 24.3 Å². The first-order valence-corrected chi connectivity index (χ1v) is 11.3. The number of aromatic amines is 1. The number of hydrogen-bond acceptors (Lipinski definition) is 5. The molecule has 0 bridgehead atoms. The number of nitrogens with one attached hydrogen (secondary N) is 1. The highest BCUT2D eigenvalue weighted by Crippen LogP contribution is 2.40. The summed E-state index contributed by atoms with van der Waals surface area (Å²) in [4.78, 5) is 22.0. The van der Waals surface area contributed by atoms with E-state index >= 15 is 0 Å². The largest absolute Gasteiger partial charge is 0.490 e. The third-order valence-electron chi connectivity index (χ3n) is 4.92. The summed E-state index contributed by atoms with van der Waals surface area (Å²) >= 11 is 14.0. The molecule has 160 valence electrons. The SMILES string of the molecule is CCOc1cc(-c2nc3sc(C)c(C)c3c(=O)[nH]2)cc(Cl)c1OCc1ccc(Cl)cc1. The predicted octanol–water partition coefficient (Wildman–Crippen LogP) is 6.55. The third kappa shape index (κ3) is 4.42. The molecule has 0 saturated heterocycles. The molecule has 2 heterocycles. The number of fused-ring (bicyclic) bond motifs is 1. The van der Waals surface area contributed by atoms with Gasteiger partial charge in [-0.25, -0.2) is 4.98 Å². The lowest BCUT2D eigenvalue weighted by molar-refractivity contribution is 0.269. The van der Waals surface area contributed by atoms with Crippen molar-refractivity contribution in [2.45, 2.75) is 27.4 Å². The second-order valence-corrected chi connectivity index (χ2v) is 9.06. The van der Waals surface area contributed by atoms with Crippen LogP contribution in [0.25, 0.3) is 21.6 Å². The Morgan fingerprint density at radius 3 is 2.55 bits per heavy atom. The molecule has 0 aliphatic carbocycles. The number of H-pyrrole nitrogens is 1. The van der Waals surface area contributed by atoms with Gasteiger partial charge in [-0.2, -0.15) is 0 Å². The molecule has 0 aliphatic heterocycles. The quantitative estimate of drug-likeness (QED) is 0.343. The van der Waals surface area contributed by atoms with Crippen LogP contribution in [0, 0.1) is 13.8 Å². The van der Waals surface area contributed by atoms with E-state index in [9.17, 15) is 4.79 Å². The molecule has 0 fully saturated rings. The number of halogens is 2. The van der Waals surface area contributed by atoms with E-state index in [0.717, 1.165) is 16.0 Å². The van der Waals surface area contributed by atoms with Gasteiger partial charge in [0.05, 0.1) is 17.0 Å². The Bertz CT molecular complexity index is 1310. The molecular weight excluding hydrogens is 455 g/mol. The standard InChI is InChI=1S/C23H20Cl2N2O3S/c1-4-29-18-10-15(21-26-22(28)19-12(2)13(3)31-23(19)27-21)9-17(25)20(18)30-11-14-5-7-16(24)8-6-14/h5-10H,4,11H2,1-3H3,(H,26,27,28). The first-order chi connectivity index (χ1) is 14.9. The van der Waals surface area contributed by atoms with Gasteiger partial charge in [-0.15, -0.1) is 11.3 Å². The molecule has 4 aromatic rings. The van der Waals surface area contributed by atoms with Crippen LogP contribution in [0.5, 0.6) is 11.5 Å². The normalized spacial score (nSPS) is 11.1. The Morgan fingerprint density at radius 2 is 1.84 bits per heavy atom. The van der Waals surface area contributed by atoms with Crippen molar-refractivity contribution in [3.63, 3.8) is 0 Å². The summed E-state index contributed by atoms with van der Waals surface area (Å²) in [6, 6.07) is 10.9. The van der Waals surface area contributed by atoms with Gasteiger partial charge in [-0.05, 0) is 56.2 Å². The average molecular weight is 475 g/mol. The number of aryl methyl sites for hydroxylation is 2. The van der Waals surface area contributed by atoms with E-state index in [1.165, 1.54) is 11.3 Å². The Kier molecular flexibility index (Phi) is 6.23. The fraction of sp³-hybridized carbons (Fsp3) is 0.217. The number of rotatable bonds is 6. The first kappa shape index (κ1) is 21.7. The second kappa shape index (κ2) is 8.91. The summed E-state index contributed by atoms with van der Waals surface area (Å²) in [5, 5.41) is 1.66. The van der Waals surface area contributed by atoms with Crippen LogP contribution in [0.15, 0.2) is 41.2 Å². The van der Waals surface area contributed by atoms with Crippen LogP contribution in [0.3, 0.4) is 0 Å². The van der Waals surface area contributed by atoms with E-state index in [4.69, 9.17) is 32.7 Å². The summed E-state index contributed by atoms with van der Waals surface area (Å²) in [5.41, 5.74) is 2.39. The van der Waals surface area contributed by atoms with Gasteiger partial charge in [0.2, 0.25) is 0 Å². The van der Waals surface area contributed by atoms with Crippen LogP contribution in [-0.4, -0.2) is 16.6 Å². The molecule has 8 heteroatoms. The average Bonchev–Trinajstić information content (AvgIpc) is 3.02. The maximum atomic E-state index is 12.7. The molecule has 0 amide bonds. The lowest BCUT2D eigenvalue weighted by atomic mass is 10.1. The lowest BCUT2D eigenvalue weighted by Crippen LogP contribution is -2.09. The molecule has 4 rings (SSSR count). The van der Waals surface area contributed by atoms with Crippen molar-refractivity contribution < 1.29 is 9.47 Å². The predicted molar refractivity (Wildman–Crippen MR) is 127 cm³/mol. The van der Waals surface area contributed by atoms with Crippen molar-refractivity contribution in [3.05, 3.63) is 72.8 Å². The van der Waals surface area contributed by atoms with Gasteiger partial charge in [-0.1, -0.05) is 35.3 Å². The summed E-state index contributed by atoms with van der Waals surface area (Å²) in [5.74, 6) is 1.36. The number of benzene rings is 2. The van der Waals surface area contributed by atoms with Crippen LogP contribution in [0.2, 0.25) is 10.0 Å². The minimum absolute atomic E-state index is 0.168. The maximum Gasteiger partial charge on any atom is 0.260 e. The number of ether oxygens (including phenoxy) is 2. The molecule has 5 nitrogen and oxygen atoms in total. The van der Waals surface area contributed by atoms with E-state index in [1.807, 2.05) is 32.9 Å². The number of aromatic nitrogens is 2. The van der Waals surface area contributed by atoms with Crippen molar-refractivity contribution in [2.75, 3.05) is 6.61 Å². The monoisotopic (exact) mass is 474 g/mol. The van der Waals surface area contributed by atoms with Crippen molar-refractivity contribution >= 4 is 44.8 Å². The summed E-state index contributed by atoms with van der Waals surface area (Å²) in [6.07, 6.45) is 0. The molecular formula is C23H20Cl2N2O3S. The van der Waals surface area contributed by atoms with Crippen molar-refractivity contribution in [2.24, 2.45) is 0 Å². The summed E-state index contributed by atoms with van der Waals surface area (Å²) in [6.45, 7) is 6.54.